The summed E-state index contributed by atoms with van der Waals surface area (Å²) in [5, 5.41) is 7.42. The van der Waals surface area contributed by atoms with Gasteiger partial charge in [0.05, 0.1) is 6.54 Å². The molecule has 1 aromatic heterocycles. The standard InChI is InChI=1S/C32H44N4O12/c1-16(2)26-24(14-22-9-10-23(13-17(22)3)42-12-11-36(8)32(33)41)30(35-34-26)48-31-29(46-21(7)40)28(45-20(6)39)27(44-19(5)38)25(47-31)15-43-18(4)37/h9-10,13,16,25,27-29,31H,11-12,14-15H2,1-8H3,(H2,33,41)(H,34,35)/t25-,27-,28+,29-,31+/m1/s1. The van der Waals surface area contributed by atoms with Gasteiger partial charge in [0, 0.05) is 52.4 Å². The summed E-state index contributed by atoms with van der Waals surface area (Å²) < 4.78 is 39.8. The molecule has 0 bridgehead atoms. The van der Waals surface area contributed by atoms with E-state index in [2.05, 4.69) is 10.2 Å². The lowest BCUT2D eigenvalue weighted by atomic mass is 9.96. The molecular formula is C32H44N4O12. The fourth-order valence-corrected chi connectivity index (χ4v) is 5.06. The monoisotopic (exact) mass is 676 g/mol. The van der Waals surface area contributed by atoms with Crippen molar-refractivity contribution in [3.8, 4) is 11.6 Å². The van der Waals surface area contributed by atoms with E-state index in [1.54, 1.807) is 7.05 Å². The van der Waals surface area contributed by atoms with E-state index in [0.29, 0.717) is 24.3 Å². The van der Waals surface area contributed by atoms with Gasteiger partial charge in [0.2, 0.25) is 18.3 Å². The molecule has 1 aliphatic rings. The van der Waals surface area contributed by atoms with Crippen molar-refractivity contribution in [2.75, 3.05) is 26.8 Å². The van der Waals surface area contributed by atoms with Gasteiger partial charge in [-0.15, -0.1) is 5.10 Å². The molecule has 3 N–H and O–H groups in total. The molecule has 2 aromatic rings. The number of hydrogen-bond acceptors (Lipinski definition) is 13. The molecule has 1 fully saturated rings. The molecule has 0 aliphatic carbocycles. The van der Waals surface area contributed by atoms with Crippen LogP contribution in [0.15, 0.2) is 18.2 Å². The minimum Gasteiger partial charge on any atom is -0.492 e. The number of nitrogens with two attached hydrogens (primary N) is 1. The number of esters is 4. The fraction of sp³-hybridized carbons (Fsp3) is 0.562. The summed E-state index contributed by atoms with van der Waals surface area (Å²) in [6.07, 6.45) is -6.38. The summed E-state index contributed by atoms with van der Waals surface area (Å²) in [4.78, 5) is 60.8. The molecule has 0 radical (unpaired) electrons. The van der Waals surface area contributed by atoms with E-state index in [-0.39, 0.29) is 18.4 Å². The topological polar surface area (TPSA) is 208 Å². The van der Waals surface area contributed by atoms with Gasteiger partial charge in [0.15, 0.2) is 12.2 Å². The third-order valence-electron chi connectivity index (χ3n) is 7.37. The van der Waals surface area contributed by atoms with Crippen molar-refractivity contribution in [2.24, 2.45) is 5.73 Å². The van der Waals surface area contributed by atoms with Gasteiger partial charge in [0.1, 0.15) is 25.1 Å². The van der Waals surface area contributed by atoms with Gasteiger partial charge >= 0.3 is 29.9 Å². The van der Waals surface area contributed by atoms with Gasteiger partial charge in [-0.3, -0.25) is 24.3 Å². The first-order valence-electron chi connectivity index (χ1n) is 15.3. The number of hydrogen-bond donors (Lipinski definition) is 2. The summed E-state index contributed by atoms with van der Waals surface area (Å²) in [5.41, 5.74) is 8.54. The van der Waals surface area contributed by atoms with E-state index in [0.717, 1.165) is 37.6 Å². The number of primary amides is 1. The van der Waals surface area contributed by atoms with Crippen molar-refractivity contribution in [3.63, 3.8) is 0 Å². The second kappa shape index (κ2) is 16.8. The Morgan fingerprint density at radius 1 is 0.958 bits per heavy atom. The normalized spacial score (nSPS) is 20.4. The summed E-state index contributed by atoms with van der Waals surface area (Å²) >= 11 is 0. The van der Waals surface area contributed by atoms with Crippen molar-refractivity contribution in [2.45, 2.75) is 91.5 Å². The SMILES string of the molecule is CC(=O)OC[C@H]1O[C@@H](Oc2n[nH]c(C(C)C)c2Cc2ccc(OCCN(C)C(N)=O)cc2C)[C@H](OC(C)=O)[C@@H](OC(C)=O)[C@@H]1OC(C)=O. The average molecular weight is 677 g/mol. The first-order chi connectivity index (χ1) is 22.6. The second-order valence-corrected chi connectivity index (χ2v) is 11.6. The van der Waals surface area contributed by atoms with Crippen molar-refractivity contribution in [1.82, 2.24) is 15.1 Å². The molecule has 1 aromatic carbocycles. The highest BCUT2D eigenvalue weighted by atomic mass is 16.7. The van der Waals surface area contributed by atoms with Crippen LogP contribution >= 0.6 is 0 Å². The van der Waals surface area contributed by atoms with Gasteiger partial charge < -0.3 is 43.8 Å². The molecule has 1 aliphatic heterocycles. The number of rotatable bonds is 14. The summed E-state index contributed by atoms with van der Waals surface area (Å²) in [7, 11) is 1.58. The number of nitrogens with zero attached hydrogens (tertiary/aromatic N) is 2. The summed E-state index contributed by atoms with van der Waals surface area (Å²) in [6.45, 7) is 10.7. The number of amides is 2. The molecular weight excluding hydrogens is 632 g/mol. The Kier molecular flexibility index (Phi) is 13.2. The molecule has 48 heavy (non-hydrogen) atoms. The number of ether oxygens (including phenoxy) is 7. The fourth-order valence-electron chi connectivity index (χ4n) is 5.06. The van der Waals surface area contributed by atoms with Crippen LogP contribution in [0.5, 0.6) is 11.6 Å². The van der Waals surface area contributed by atoms with Crippen molar-refractivity contribution < 1.29 is 57.1 Å². The Morgan fingerprint density at radius 2 is 1.58 bits per heavy atom. The Labute approximate surface area is 278 Å². The number of carbonyl (C=O) groups excluding carboxylic acids is 5. The van der Waals surface area contributed by atoms with E-state index in [9.17, 15) is 24.0 Å². The number of H-pyrrole nitrogens is 1. The zero-order valence-corrected chi connectivity index (χ0v) is 28.4. The average Bonchev–Trinajstić information content (AvgIpc) is 3.37. The quantitative estimate of drug-likeness (QED) is 0.218. The number of carbonyl (C=O) groups is 5. The van der Waals surface area contributed by atoms with Gasteiger partial charge in [-0.1, -0.05) is 19.9 Å². The zero-order valence-electron chi connectivity index (χ0n) is 28.4. The number of benzene rings is 1. The summed E-state index contributed by atoms with van der Waals surface area (Å²) in [6, 6.07) is 5.03. The molecule has 2 heterocycles. The van der Waals surface area contributed by atoms with Crippen molar-refractivity contribution in [3.05, 3.63) is 40.6 Å². The number of aryl methyl sites for hydroxylation is 1. The van der Waals surface area contributed by atoms with Gasteiger partial charge in [-0.05, 0) is 36.1 Å². The lowest BCUT2D eigenvalue weighted by Gasteiger charge is -2.43. The zero-order chi connectivity index (χ0) is 35.7. The molecule has 0 unspecified atom stereocenters. The highest BCUT2D eigenvalue weighted by Gasteiger charge is 2.53. The first-order valence-corrected chi connectivity index (χ1v) is 15.3. The van der Waals surface area contributed by atoms with Crippen LogP contribution < -0.4 is 15.2 Å². The minimum atomic E-state index is -1.44. The van der Waals surface area contributed by atoms with E-state index in [4.69, 9.17) is 38.9 Å². The van der Waals surface area contributed by atoms with Gasteiger partial charge in [0.25, 0.3) is 0 Å². The van der Waals surface area contributed by atoms with Crippen LogP contribution in [0, 0.1) is 6.92 Å². The number of aromatic nitrogens is 2. The van der Waals surface area contributed by atoms with E-state index in [1.807, 2.05) is 39.0 Å². The highest BCUT2D eigenvalue weighted by molar-refractivity contribution is 5.71. The van der Waals surface area contributed by atoms with Crippen LogP contribution in [0.4, 0.5) is 4.79 Å². The van der Waals surface area contributed by atoms with Crippen LogP contribution in [0.2, 0.25) is 0 Å². The first kappa shape index (κ1) is 37.6. The maximum Gasteiger partial charge on any atom is 0.314 e. The predicted molar refractivity (Wildman–Crippen MR) is 167 cm³/mol. The smallest absolute Gasteiger partial charge is 0.314 e. The maximum absolute atomic E-state index is 12.3. The second-order valence-electron chi connectivity index (χ2n) is 11.6. The Morgan fingerprint density at radius 3 is 2.15 bits per heavy atom. The number of nitrogens with one attached hydrogen (secondary N) is 1. The molecule has 0 spiro atoms. The molecule has 1 saturated heterocycles. The van der Waals surface area contributed by atoms with Gasteiger partial charge in [-0.2, -0.15) is 0 Å². The molecule has 0 saturated carbocycles. The maximum atomic E-state index is 12.3. The van der Waals surface area contributed by atoms with Crippen LogP contribution in [0.3, 0.4) is 0 Å². The highest BCUT2D eigenvalue weighted by Crippen LogP contribution is 2.34. The lowest BCUT2D eigenvalue weighted by molar-refractivity contribution is -0.289. The van der Waals surface area contributed by atoms with Crippen LogP contribution in [0.25, 0.3) is 0 Å². The van der Waals surface area contributed by atoms with Crippen LogP contribution in [-0.4, -0.2) is 103 Å². The molecule has 16 heteroatoms. The third-order valence-corrected chi connectivity index (χ3v) is 7.37. The molecule has 16 nitrogen and oxygen atoms in total. The largest absolute Gasteiger partial charge is 0.492 e. The molecule has 264 valence electrons. The van der Waals surface area contributed by atoms with E-state index in [1.165, 1.54) is 11.8 Å². The summed E-state index contributed by atoms with van der Waals surface area (Å²) in [5.74, 6) is -2.16. The third kappa shape index (κ3) is 10.3. The predicted octanol–water partition coefficient (Wildman–Crippen LogP) is 2.28. The number of urea groups is 1. The van der Waals surface area contributed by atoms with Crippen molar-refractivity contribution in [1.29, 1.82) is 0 Å². The number of aromatic amines is 1. The van der Waals surface area contributed by atoms with E-state index >= 15 is 0 Å². The molecule has 5 atom stereocenters. The lowest BCUT2D eigenvalue weighted by Crippen LogP contribution is -2.63. The van der Waals surface area contributed by atoms with Crippen molar-refractivity contribution >= 4 is 29.9 Å². The molecule has 2 amide bonds. The van der Waals surface area contributed by atoms with Crippen LogP contribution in [-0.2, 0) is 49.3 Å². The van der Waals surface area contributed by atoms with Gasteiger partial charge in [-0.25, -0.2) is 4.79 Å². The van der Waals surface area contributed by atoms with Crippen LogP contribution in [0.1, 0.15) is 69.8 Å². The Balaban J connectivity index is 1.97. The Hall–Kier alpha value is -4.86. The minimum absolute atomic E-state index is 0.00888. The van der Waals surface area contributed by atoms with E-state index < -0.39 is 67.2 Å². The number of likely N-dealkylation sites (N-methyl/N-ethyl adjacent to an activating group) is 1. The Bertz CT molecular complexity index is 1470. The molecule has 3 rings (SSSR count).